The summed E-state index contributed by atoms with van der Waals surface area (Å²) in [6.45, 7) is 3.15. The molecule has 0 aliphatic rings. The predicted octanol–water partition coefficient (Wildman–Crippen LogP) is 1.93. The van der Waals surface area contributed by atoms with Crippen molar-refractivity contribution in [3.8, 4) is 0 Å². The zero-order valence-corrected chi connectivity index (χ0v) is 7.31. The van der Waals surface area contributed by atoms with Crippen molar-refractivity contribution >= 4 is 22.6 Å². The minimum atomic E-state index is 1.01. The Labute approximate surface area is 64.7 Å². The van der Waals surface area contributed by atoms with Crippen molar-refractivity contribution in [2.75, 3.05) is 11.1 Å². The molecule has 0 aromatic carbocycles. The number of alkyl halides is 1. The molecule has 0 saturated carbocycles. The van der Waals surface area contributed by atoms with Crippen LogP contribution in [0.1, 0.15) is 13.3 Å². The van der Waals surface area contributed by atoms with Gasteiger partial charge in [-0.2, -0.15) is 0 Å². The number of halogens is 1. The molecule has 0 atom stereocenters. The minimum Gasteiger partial charge on any atom is -0.305 e. The lowest BCUT2D eigenvalue weighted by Crippen LogP contribution is -2.09. The fraction of sp³-hybridized carbons (Fsp3) is 0.667. The number of nitrogens with one attached hydrogen (secondary N) is 1. The Morgan fingerprint density at radius 3 is 2.75 bits per heavy atom. The van der Waals surface area contributed by atoms with Crippen LogP contribution in [0, 0.1) is 0 Å². The van der Waals surface area contributed by atoms with E-state index in [9.17, 15) is 0 Å². The molecule has 0 bridgehead atoms. The van der Waals surface area contributed by atoms with Gasteiger partial charge in [-0.25, -0.2) is 0 Å². The fourth-order valence-corrected chi connectivity index (χ4v) is 0.699. The van der Waals surface area contributed by atoms with Gasteiger partial charge in [0.05, 0.1) is 0 Å². The molecule has 0 spiro atoms. The summed E-state index contributed by atoms with van der Waals surface area (Å²) >= 11 is 2.29. The lowest BCUT2D eigenvalue weighted by atomic mass is 10.4. The van der Waals surface area contributed by atoms with Gasteiger partial charge in [-0.05, 0) is 6.42 Å². The first kappa shape index (κ1) is 8.43. The van der Waals surface area contributed by atoms with Crippen molar-refractivity contribution < 1.29 is 0 Å². The molecule has 0 unspecified atom stereocenters. The van der Waals surface area contributed by atoms with Crippen molar-refractivity contribution in [1.82, 2.24) is 5.32 Å². The van der Waals surface area contributed by atoms with Crippen LogP contribution in [-0.4, -0.2) is 11.1 Å². The van der Waals surface area contributed by atoms with E-state index in [1.165, 1.54) is 0 Å². The van der Waals surface area contributed by atoms with Crippen LogP contribution < -0.4 is 5.32 Å². The average Bonchev–Trinajstić information content (AvgIpc) is 1.81. The Kier molecular flexibility index (Phi) is 7.83. The zero-order chi connectivity index (χ0) is 6.24. The second-order valence-corrected chi connectivity index (χ2v) is 2.23. The summed E-state index contributed by atoms with van der Waals surface area (Å²) in [7, 11) is 0. The second-order valence-electron chi connectivity index (χ2n) is 1.47. The van der Waals surface area contributed by atoms with E-state index < -0.39 is 0 Å². The third kappa shape index (κ3) is 6.43. The summed E-state index contributed by atoms with van der Waals surface area (Å²) in [5.74, 6) is 0. The summed E-state index contributed by atoms with van der Waals surface area (Å²) in [6, 6.07) is 0. The molecule has 0 rings (SSSR count). The molecule has 0 fully saturated rings. The van der Waals surface area contributed by atoms with E-state index in [1.54, 1.807) is 0 Å². The van der Waals surface area contributed by atoms with E-state index in [-0.39, 0.29) is 0 Å². The molecular weight excluding hydrogens is 213 g/mol. The highest BCUT2D eigenvalue weighted by Gasteiger charge is 1.71. The molecule has 0 radical (unpaired) electrons. The predicted molar refractivity (Wildman–Crippen MR) is 46.3 cm³/mol. The largest absolute Gasteiger partial charge is 0.305 e. The molecule has 0 aliphatic heterocycles. The van der Waals surface area contributed by atoms with Gasteiger partial charge in [0.2, 0.25) is 0 Å². The van der Waals surface area contributed by atoms with Crippen LogP contribution in [0.25, 0.3) is 0 Å². The molecular formula is C6H12IN. The van der Waals surface area contributed by atoms with Crippen LogP contribution in [0.4, 0.5) is 0 Å². The maximum Gasteiger partial charge on any atom is 0.0482 e. The fourth-order valence-electron chi connectivity index (χ4n) is 0.388. The number of hydrogen-bond acceptors (Lipinski definition) is 1. The van der Waals surface area contributed by atoms with Gasteiger partial charge in [0.15, 0.2) is 0 Å². The third-order valence-electron chi connectivity index (χ3n) is 0.759. The van der Waals surface area contributed by atoms with Crippen molar-refractivity contribution in [2.45, 2.75) is 13.3 Å². The molecule has 0 aliphatic carbocycles. The van der Waals surface area contributed by atoms with Gasteiger partial charge in [0, 0.05) is 11.1 Å². The van der Waals surface area contributed by atoms with Crippen molar-refractivity contribution in [3.63, 3.8) is 0 Å². The molecule has 2 heteroatoms. The maximum absolute atomic E-state index is 3.18. The SMILES string of the molecule is CC/C=C/CNCI. The van der Waals surface area contributed by atoms with Gasteiger partial charge < -0.3 is 5.32 Å². The third-order valence-corrected chi connectivity index (χ3v) is 1.30. The quantitative estimate of drug-likeness (QED) is 0.253. The van der Waals surface area contributed by atoms with E-state index in [0.717, 1.165) is 17.5 Å². The highest BCUT2D eigenvalue weighted by Crippen LogP contribution is 1.78. The highest BCUT2D eigenvalue weighted by molar-refractivity contribution is 14.1. The molecule has 8 heavy (non-hydrogen) atoms. The highest BCUT2D eigenvalue weighted by atomic mass is 127. The Hall–Kier alpha value is 0.430. The van der Waals surface area contributed by atoms with Gasteiger partial charge in [-0.15, -0.1) is 0 Å². The van der Waals surface area contributed by atoms with Gasteiger partial charge >= 0.3 is 0 Å². The summed E-state index contributed by atoms with van der Waals surface area (Å²) < 4.78 is 1.03. The van der Waals surface area contributed by atoms with Crippen LogP contribution in [0.5, 0.6) is 0 Å². The monoisotopic (exact) mass is 225 g/mol. The molecule has 0 heterocycles. The van der Waals surface area contributed by atoms with Crippen LogP contribution in [0.3, 0.4) is 0 Å². The van der Waals surface area contributed by atoms with E-state index in [4.69, 9.17) is 0 Å². The van der Waals surface area contributed by atoms with E-state index in [1.807, 2.05) is 0 Å². The van der Waals surface area contributed by atoms with Crippen LogP contribution in [0.2, 0.25) is 0 Å². The Morgan fingerprint density at radius 1 is 1.50 bits per heavy atom. The molecule has 0 aromatic heterocycles. The first-order valence-corrected chi connectivity index (χ1v) is 4.36. The maximum atomic E-state index is 3.18. The smallest absolute Gasteiger partial charge is 0.0482 e. The lowest BCUT2D eigenvalue weighted by molar-refractivity contribution is 0.903. The van der Waals surface area contributed by atoms with Gasteiger partial charge in [-0.3, -0.25) is 0 Å². The van der Waals surface area contributed by atoms with Crippen molar-refractivity contribution in [3.05, 3.63) is 12.2 Å². The molecule has 0 saturated heterocycles. The van der Waals surface area contributed by atoms with Crippen LogP contribution >= 0.6 is 22.6 Å². The number of rotatable bonds is 4. The lowest BCUT2D eigenvalue weighted by Gasteiger charge is -1.89. The number of allylic oxidation sites excluding steroid dienone is 1. The van der Waals surface area contributed by atoms with Gasteiger partial charge in [0.1, 0.15) is 0 Å². The van der Waals surface area contributed by atoms with E-state index >= 15 is 0 Å². The average molecular weight is 225 g/mol. The Balaban J connectivity index is 2.80. The van der Waals surface area contributed by atoms with E-state index in [2.05, 4.69) is 47.0 Å². The van der Waals surface area contributed by atoms with Crippen LogP contribution in [0.15, 0.2) is 12.2 Å². The second kappa shape index (κ2) is 7.43. The first-order valence-electron chi connectivity index (χ1n) is 2.83. The van der Waals surface area contributed by atoms with E-state index in [0.29, 0.717) is 0 Å². The summed E-state index contributed by atoms with van der Waals surface area (Å²) in [4.78, 5) is 0. The summed E-state index contributed by atoms with van der Waals surface area (Å²) in [6.07, 6.45) is 5.46. The van der Waals surface area contributed by atoms with Crippen molar-refractivity contribution in [1.29, 1.82) is 0 Å². The Bertz CT molecular complexity index is 61.5. The van der Waals surface area contributed by atoms with Gasteiger partial charge in [-0.1, -0.05) is 41.7 Å². The molecule has 0 aromatic rings. The van der Waals surface area contributed by atoms with Gasteiger partial charge in [0.25, 0.3) is 0 Å². The normalized spacial score (nSPS) is 10.8. The summed E-state index contributed by atoms with van der Waals surface area (Å²) in [5, 5.41) is 3.18. The molecule has 1 nitrogen and oxygen atoms in total. The zero-order valence-electron chi connectivity index (χ0n) is 5.15. The topological polar surface area (TPSA) is 12.0 Å². The van der Waals surface area contributed by atoms with Crippen molar-refractivity contribution in [2.24, 2.45) is 0 Å². The molecule has 48 valence electrons. The van der Waals surface area contributed by atoms with Crippen LogP contribution in [-0.2, 0) is 0 Å². The standard InChI is InChI=1S/C6H12IN/c1-2-3-4-5-8-6-7/h3-4,8H,2,5-6H2,1H3/b4-3+. The molecule has 0 amide bonds. The summed E-state index contributed by atoms with van der Waals surface area (Å²) in [5.41, 5.74) is 0. The Morgan fingerprint density at radius 2 is 2.25 bits per heavy atom. The molecule has 1 N–H and O–H groups in total. The first-order chi connectivity index (χ1) is 3.91. The minimum absolute atomic E-state index is 1.01. The number of hydrogen-bond donors (Lipinski definition) is 1.